The van der Waals surface area contributed by atoms with Gasteiger partial charge in [0.2, 0.25) is 0 Å². The molecule has 3 nitrogen and oxygen atoms in total. The van der Waals surface area contributed by atoms with Crippen molar-refractivity contribution in [1.82, 2.24) is 10.3 Å². The van der Waals surface area contributed by atoms with Gasteiger partial charge in [-0.15, -0.1) is 0 Å². The molecule has 0 atom stereocenters. The molecule has 0 unspecified atom stereocenters. The van der Waals surface area contributed by atoms with Gasteiger partial charge < -0.3 is 10.2 Å². The van der Waals surface area contributed by atoms with E-state index in [1.54, 1.807) is 6.20 Å². The van der Waals surface area contributed by atoms with E-state index in [1.807, 2.05) is 6.07 Å². The molecule has 0 aliphatic carbocycles. The van der Waals surface area contributed by atoms with Gasteiger partial charge in [-0.2, -0.15) is 0 Å². The van der Waals surface area contributed by atoms with E-state index in [0.29, 0.717) is 10.2 Å². The summed E-state index contributed by atoms with van der Waals surface area (Å²) < 4.78 is 0. The molecule has 0 radical (unpaired) electrons. The molecule has 15 heavy (non-hydrogen) atoms. The molecular formula is C10H13Cl2N3. The van der Waals surface area contributed by atoms with Gasteiger partial charge in [-0.3, -0.25) is 0 Å². The Bertz CT molecular complexity index is 335. The van der Waals surface area contributed by atoms with Crippen molar-refractivity contribution in [2.45, 2.75) is 6.42 Å². The van der Waals surface area contributed by atoms with Gasteiger partial charge in [-0.05, 0) is 19.0 Å². The van der Waals surface area contributed by atoms with Crippen LogP contribution in [-0.2, 0) is 0 Å². The molecule has 1 aromatic heterocycles. The summed E-state index contributed by atoms with van der Waals surface area (Å²) in [5, 5.41) is 4.24. The van der Waals surface area contributed by atoms with Crippen molar-refractivity contribution in [2.24, 2.45) is 0 Å². The van der Waals surface area contributed by atoms with Crippen molar-refractivity contribution in [3.8, 4) is 0 Å². The highest BCUT2D eigenvalue weighted by Gasteiger charge is 2.11. The second-order valence-electron chi connectivity index (χ2n) is 3.56. The first-order valence-electron chi connectivity index (χ1n) is 5.04. The minimum atomic E-state index is 0.369. The number of aromatic nitrogens is 1. The molecule has 82 valence electrons. The second kappa shape index (κ2) is 5.01. The van der Waals surface area contributed by atoms with Crippen molar-refractivity contribution in [2.75, 3.05) is 31.1 Å². The average molecular weight is 246 g/mol. The third-order valence-electron chi connectivity index (χ3n) is 2.49. The fourth-order valence-corrected chi connectivity index (χ4v) is 1.95. The monoisotopic (exact) mass is 245 g/mol. The normalized spacial score (nSPS) is 17.6. The Morgan fingerprint density at radius 3 is 2.93 bits per heavy atom. The zero-order valence-corrected chi connectivity index (χ0v) is 9.85. The first-order valence-corrected chi connectivity index (χ1v) is 5.79. The summed E-state index contributed by atoms with van der Waals surface area (Å²) in [6.45, 7) is 4.10. The largest absolute Gasteiger partial charge is 0.369 e. The topological polar surface area (TPSA) is 28.2 Å². The number of nitrogens with zero attached hydrogens (tertiary/aromatic N) is 2. The molecule has 0 amide bonds. The number of pyridine rings is 1. The van der Waals surface area contributed by atoms with Gasteiger partial charge in [0.1, 0.15) is 5.15 Å². The fourth-order valence-electron chi connectivity index (χ4n) is 1.69. The highest BCUT2D eigenvalue weighted by atomic mass is 35.5. The quantitative estimate of drug-likeness (QED) is 0.770. The molecular weight excluding hydrogens is 233 g/mol. The molecule has 0 saturated carbocycles. The van der Waals surface area contributed by atoms with E-state index in [-0.39, 0.29) is 0 Å². The lowest BCUT2D eigenvalue weighted by molar-refractivity contribution is 0.724. The zero-order chi connectivity index (χ0) is 10.7. The van der Waals surface area contributed by atoms with Gasteiger partial charge >= 0.3 is 0 Å². The fraction of sp³-hybridized carbons (Fsp3) is 0.500. The molecule has 0 spiro atoms. The smallest absolute Gasteiger partial charge is 0.147 e. The standard InChI is InChI=1S/C10H13Cl2N3/c11-9-6-8(7-14-10(9)12)15-4-1-2-13-3-5-15/h6-7,13H,1-5H2. The second-order valence-corrected chi connectivity index (χ2v) is 4.32. The molecule has 1 aliphatic heterocycles. The van der Waals surface area contributed by atoms with Crippen LogP contribution in [-0.4, -0.2) is 31.2 Å². The summed E-state index contributed by atoms with van der Waals surface area (Å²) in [6.07, 6.45) is 2.92. The van der Waals surface area contributed by atoms with Crippen LogP contribution in [0.5, 0.6) is 0 Å². The number of hydrogen-bond donors (Lipinski definition) is 1. The number of hydrogen-bond acceptors (Lipinski definition) is 3. The Labute approximate surface area is 99.4 Å². The van der Waals surface area contributed by atoms with Crippen molar-refractivity contribution >= 4 is 28.9 Å². The van der Waals surface area contributed by atoms with Crippen LogP contribution in [0.4, 0.5) is 5.69 Å². The average Bonchev–Trinajstić information content (AvgIpc) is 2.50. The molecule has 1 N–H and O–H groups in total. The summed E-state index contributed by atoms with van der Waals surface area (Å²) in [5.74, 6) is 0. The van der Waals surface area contributed by atoms with Crippen molar-refractivity contribution in [3.05, 3.63) is 22.4 Å². The third-order valence-corrected chi connectivity index (χ3v) is 3.17. The molecule has 1 aliphatic rings. The maximum Gasteiger partial charge on any atom is 0.147 e. The number of rotatable bonds is 1. The van der Waals surface area contributed by atoms with E-state index < -0.39 is 0 Å². The Morgan fingerprint density at radius 2 is 2.13 bits per heavy atom. The Morgan fingerprint density at radius 1 is 1.27 bits per heavy atom. The van der Waals surface area contributed by atoms with Crippen LogP contribution in [0.3, 0.4) is 0 Å². The predicted molar refractivity (Wildman–Crippen MR) is 64.0 cm³/mol. The first kappa shape index (κ1) is 11.0. The van der Waals surface area contributed by atoms with Crippen molar-refractivity contribution < 1.29 is 0 Å². The van der Waals surface area contributed by atoms with Gasteiger partial charge in [0.15, 0.2) is 0 Å². The first-order chi connectivity index (χ1) is 7.27. The zero-order valence-electron chi connectivity index (χ0n) is 8.34. The van der Waals surface area contributed by atoms with Crippen LogP contribution in [0.2, 0.25) is 10.2 Å². The van der Waals surface area contributed by atoms with E-state index in [9.17, 15) is 0 Å². The third kappa shape index (κ3) is 2.74. The SMILES string of the molecule is Clc1cc(N2CCCNCC2)cnc1Cl. The van der Waals surface area contributed by atoms with Gasteiger partial charge in [0.05, 0.1) is 16.9 Å². The molecule has 1 saturated heterocycles. The highest BCUT2D eigenvalue weighted by molar-refractivity contribution is 6.41. The number of halogens is 2. The maximum atomic E-state index is 5.94. The van der Waals surface area contributed by atoms with Crippen molar-refractivity contribution in [3.63, 3.8) is 0 Å². The van der Waals surface area contributed by atoms with Crippen molar-refractivity contribution in [1.29, 1.82) is 0 Å². The van der Waals surface area contributed by atoms with Gasteiger partial charge in [-0.25, -0.2) is 4.98 Å². The Kier molecular flexibility index (Phi) is 3.67. The lowest BCUT2D eigenvalue weighted by Crippen LogP contribution is -2.27. The molecule has 0 aromatic carbocycles. The van der Waals surface area contributed by atoms with Crippen LogP contribution in [0.1, 0.15) is 6.42 Å². The molecule has 1 fully saturated rings. The maximum absolute atomic E-state index is 5.94. The number of nitrogens with one attached hydrogen (secondary N) is 1. The summed E-state index contributed by atoms with van der Waals surface area (Å²) in [6, 6.07) is 1.88. The Hall–Kier alpha value is -0.510. The van der Waals surface area contributed by atoms with Gasteiger partial charge in [-0.1, -0.05) is 23.2 Å². The molecule has 5 heteroatoms. The lowest BCUT2D eigenvalue weighted by Gasteiger charge is -2.21. The summed E-state index contributed by atoms with van der Waals surface area (Å²) in [7, 11) is 0. The van der Waals surface area contributed by atoms with Crippen LogP contribution < -0.4 is 10.2 Å². The van der Waals surface area contributed by atoms with Crippen LogP contribution >= 0.6 is 23.2 Å². The minimum absolute atomic E-state index is 0.369. The summed E-state index contributed by atoms with van der Waals surface area (Å²) in [4.78, 5) is 6.33. The van der Waals surface area contributed by atoms with Gasteiger partial charge in [0, 0.05) is 19.6 Å². The van der Waals surface area contributed by atoms with E-state index in [1.165, 1.54) is 0 Å². The molecule has 2 rings (SSSR count). The van der Waals surface area contributed by atoms with E-state index in [2.05, 4.69) is 15.2 Å². The predicted octanol–water partition coefficient (Wildman–Crippen LogP) is 2.19. The summed E-state index contributed by atoms with van der Waals surface area (Å²) >= 11 is 11.7. The Balaban J connectivity index is 2.16. The lowest BCUT2D eigenvalue weighted by atomic mass is 10.3. The highest BCUT2D eigenvalue weighted by Crippen LogP contribution is 2.24. The molecule has 0 bridgehead atoms. The number of anilines is 1. The minimum Gasteiger partial charge on any atom is -0.369 e. The van der Waals surface area contributed by atoms with Crippen LogP contribution in [0.15, 0.2) is 12.3 Å². The van der Waals surface area contributed by atoms with Gasteiger partial charge in [0.25, 0.3) is 0 Å². The van der Waals surface area contributed by atoms with Crippen LogP contribution in [0, 0.1) is 0 Å². The van der Waals surface area contributed by atoms with E-state index in [0.717, 1.165) is 38.3 Å². The van der Waals surface area contributed by atoms with E-state index >= 15 is 0 Å². The van der Waals surface area contributed by atoms with Crippen LogP contribution in [0.25, 0.3) is 0 Å². The van der Waals surface area contributed by atoms with E-state index in [4.69, 9.17) is 23.2 Å². The molecule has 1 aromatic rings. The molecule has 2 heterocycles. The summed E-state index contributed by atoms with van der Waals surface area (Å²) in [5.41, 5.74) is 1.05.